The van der Waals surface area contributed by atoms with Crippen LogP contribution in [0.5, 0.6) is 0 Å². The fourth-order valence-electron chi connectivity index (χ4n) is 2.06. The van der Waals surface area contributed by atoms with Crippen molar-refractivity contribution in [2.24, 2.45) is 12.8 Å². The van der Waals surface area contributed by atoms with Gasteiger partial charge in [-0.05, 0) is 17.5 Å². The molecule has 3 heteroatoms. The maximum atomic E-state index is 6.24. The third kappa shape index (κ3) is 2.56. The maximum absolute atomic E-state index is 6.24. The van der Waals surface area contributed by atoms with Crippen LogP contribution in [-0.4, -0.2) is 9.55 Å². The van der Waals surface area contributed by atoms with Crippen LogP contribution in [0, 0.1) is 0 Å². The van der Waals surface area contributed by atoms with E-state index in [-0.39, 0.29) is 6.04 Å². The average molecular weight is 229 g/mol. The summed E-state index contributed by atoms with van der Waals surface area (Å²) in [6, 6.07) is 8.33. The molecule has 1 aromatic heterocycles. The van der Waals surface area contributed by atoms with E-state index in [2.05, 4.69) is 36.2 Å². The predicted molar refractivity (Wildman–Crippen MR) is 69.7 cm³/mol. The van der Waals surface area contributed by atoms with Crippen molar-refractivity contribution in [3.63, 3.8) is 0 Å². The van der Waals surface area contributed by atoms with E-state index in [1.807, 2.05) is 17.8 Å². The summed E-state index contributed by atoms with van der Waals surface area (Å²) in [6.07, 6.45) is 5.96. The van der Waals surface area contributed by atoms with E-state index < -0.39 is 0 Å². The Balaban J connectivity index is 2.28. The van der Waals surface area contributed by atoms with Crippen LogP contribution < -0.4 is 5.73 Å². The Morgan fingerprint density at radius 3 is 2.88 bits per heavy atom. The van der Waals surface area contributed by atoms with Crippen LogP contribution in [0.1, 0.15) is 36.3 Å². The molecule has 0 radical (unpaired) electrons. The molecule has 0 saturated heterocycles. The van der Waals surface area contributed by atoms with Gasteiger partial charge in [0.25, 0.3) is 0 Å². The van der Waals surface area contributed by atoms with Crippen molar-refractivity contribution in [2.75, 3.05) is 0 Å². The van der Waals surface area contributed by atoms with Crippen LogP contribution in [0.3, 0.4) is 0 Å². The highest BCUT2D eigenvalue weighted by Gasteiger charge is 2.13. The molecule has 0 aliphatic heterocycles. The lowest BCUT2D eigenvalue weighted by atomic mass is 10.0. The summed E-state index contributed by atoms with van der Waals surface area (Å²) in [5.74, 6) is 0.902. The number of rotatable bonds is 4. The second-order valence-corrected chi connectivity index (χ2v) is 4.37. The minimum absolute atomic E-state index is 0.146. The molecule has 1 atom stereocenters. The summed E-state index contributed by atoms with van der Waals surface area (Å²) in [4.78, 5) is 4.31. The predicted octanol–water partition coefficient (Wildman–Crippen LogP) is 2.42. The Morgan fingerprint density at radius 2 is 2.24 bits per heavy atom. The van der Waals surface area contributed by atoms with Gasteiger partial charge in [0.1, 0.15) is 5.82 Å². The monoisotopic (exact) mass is 229 g/mol. The summed E-state index contributed by atoms with van der Waals surface area (Å²) in [5, 5.41) is 0. The van der Waals surface area contributed by atoms with Gasteiger partial charge in [0.15, 0.2) is 0 Å². The molecule has 2 N–H and O–H groups in total. The van der Waals surface area contributed by atoms with Gasteiger partial charge < -0.3 is 10.3 Å². The second-order valence-electron chi connectivity index (χ2n) is 4.37. The van der Waals surface area contributed by atoms with Crippen LogP contribution in [0.2, 0.25) is 0 Å². The van der Waals surface area contributed by atoms with Gasteiger partial charge in [-0.3, -0.25) is 0 Å². The van der Waals surface area contributed by atoms with E-state index in [9.17, 15) is 0 Å². The van der Waals surface area contributed by atoms with E-state index in [0.29, 0.717) is 0 Å². The number of hydrogen-bond donors (Lipinski definition) is 1. The summed E-state index contributed by atoms with van der Waals surface area (Å²) in [6.45, 7) is 2.19. The molecule has 2 rings (SSSR count). The number of nitrogens with two attached hydrogens (primary N) is 1. The highest BCUT2D eigenvalue weighted by Crippen LogP contribution is 2.19. The van der Waals surface area contributed by atoms with Crippen molar-refractivity contribution in [2.45, 2.75) is 25.8 Å². The molecule has 2 aromatic rings. The van der Waals surface area contributed by atoms with Crippen LogP contribution >= 0.6 is 0 Å². The van der Waals surface area contributed by atoms with Crippen molar-refractivity contribution in [3.8, 4) is 0 Å². The Labute approximate surface area is 102 Å². The zero-order valence-electron chi connectivity index (χ0n) is 10.4. The third-order valence-electron chi connectivity index (χ3n) is 2.99. The Morgan fingerprint density at radius 1 is 1.41 bits per heavy atom. The molecule has 0 amide bonds. The molecule has 0 bridgehead atoms. The average Bonchev–Trinajstić information content (AvgIpc) is 2.75. The maximum Gasteiger partial charge on any atom is 0.129 e. The number of nitrogens with zero attached hydrogens (tertiary/aromatic N) is 2. The van der Waals surface area contributed by atoms with Crippen molar-refractivity contribution >= 4 is 0 Å². The van der Waals surface area contributed by atoms with Gasteiger partial charge in [0.05, 0.1) is 6.04 Å². The topological polar surface area (TPSA) is 43.8 Å². The van der Waals surface area contributed by atoms with Gasteiger partial charge in [-0.1, -0.05) is 37.6 Å². The Bertz CT molecular complexity index is 488. The molecule has 1 heterocycles. The number of aromatic nitrogens is 2. The van der Waals surface area contributed by atoms with Crippen LogP contribution in [0.4, 0.5) is 0 Å². The standard InChI is InChI=1S/C14H19N3/c1-3-5-11-6-4-7-12(10-11)13(15)14-16-8-9-17(14)2/h4,6-10,13H,3,5,15H2,1-2H3. The normalized spacial score (nSPS) is 12.6. The molecule has 0 spiro atoms. The fraction of sp³-hybridized carbons (Fsp3) is 0.357. The fourth-order valence-corrected chi connectivity index (χ4v) is 2.06. The smallest absolute Gasteiger partial charge is 0.129 e. The molecule has 17 heavy (non-hydrogen) atoms. The highest BCUT2D eigenvalue weighted by atomic mass is 15.1. The van der Waals surface area contributed by atoms with E-state index >= 15 is 0 Å². The number of aryl methyl sites for hydroxylation is 2. The molecule has 0 fully saturated rings. The summed E-state index contributed by atoms with van der Waals surface area (Å²) >= 11 is 0. The molecule has 0 aliphatic rings. The first-order valence-corrected chi connectivity index (χ1v) is 6.04. The first-order valence-electron chi connectivity index (χ1n) is 6.04. The Kier molecular flexibility index (Phi) is 3.59. The molecule has 3 nitrogen and oxygen atoms in total. The van der Waals surface area contributed by atoms with E-state index in [1.165, 1.54) is 5.56 Å². The minimum atomic E-state index is -0.146. The summed E-state index contributed by atoms with van der Waals surface area (Å²) < 4.78 is 1.97. The number of hydrogen-bond acceptors (Lipinski definition) is 2. The Hall–Kier alpha value is -1.61. The van der Waals surface area contributed by atoms with Crippen molar-refractivity contribution in [1.82, 2.24) is 9.55 Å². The van der Waals surface area contributed by atoms with Gasteiger partial charge in [-0.15, -0.1) is 0 Å². The molecular weight excluding hydrogens is 210 g/mol. The van der Waals surface area contributed by atoms with Gasteiger partial charge in [0, 0.05) is 19.4 Å². The minimum Gasteiger partial charge on any atom is -0.336 e. The SMILES string of the molecule is CCCc1cccc(C(N)c2nccn2C)c1. The van der Waals surface area contributed by atoms with Gasteiger partial charge in [-0.2, -0.15) is 0 Å². The van der Waals surface area contributed by atoms with Crippen LogP contribution in [0.15, 0.2) is 36.7 Å². The molecule has 0 saturated carbocycles. The lowest BCUT2D eigenvalue weighted by Gasteiger charge is -2.13. The zero-order chi connectivity index (χ0) is 12.3. The van der Waals surface area contributed by atoms with Gasteiger partial charge >= 0.3 is 0 Å². The first kappa shape index (κ1) is 11.9. The lowest BCUT2D eigenvalue weighted by Crippen LogP contribution is -2.16. The quantitative estimate of drug-likeness (QED) is 0.875. The van der Waals surface area contributed by atoms with Gasteiger partial charge in [-0.25, -0.2) is 4.98 Å². The van der Waals surface area contributed by atoms with E-state index in [0.717, 1.165) is 24.2 Å². The van der Waals surface area contributed by atoms with Crippen LogP contribution in [-0.2, 0) is 13.5 Å². The second kappa shape index (κ2) is 5.15. The molecular formula is C14H19N3. The van der Waals surface area contributed by atoms with E-state index in [1.54, 1.807) is 6.20 Å². The van der Waals surface area contributed by atoms with Crippen molar-refractivity contribution < 1.29 is 0 Å². The van der Waals surface area contributed by atoms with Crippen LogP contribution in [0.25, 0.3) is 0 Å². The molecule has 0 aliphatic carbocycles. The lowest BCUT2D eigenvalue weighted by molar-refractivity contribution is 0.715. The van der Waals surface area contributed by atoms with Gasteiger partial charge in [0.2, 0.25) is 0 Å². The molecule has 1 unspecified atom stereocenters. The van der Waals surface area contributed by atoms with E-state index in [4.69, 9.17) is 5.73 Å². The largest absolute Gasteiger partial charge is 0.336 e. The zero-order valence-corrected chi connectivity index (χ0v) is 10.4. The van der Waals surface area contributed by atoms with Crippen molar-refractivity contribution in [1.29, 1.82) is 0 Å². The highest BCUT2D eigenvalue weighted by molar-refractivity contribution is 5.29. The van der Waals surface area contributed by atoms with Crippen molar-refractivity contribution in [3.05, 3.63) is 53.6 Å². The summed E-state index contributed by atoms with van der Waals surface area (Å²) in [7, 11) is 1.97. The summed E-state index contributed by atoms with van der Waals surface area (Å²) in [5.41, 5.74) is 8.72. The first-order chi connectivity index (χ1) is 8.22. The number of imidazole rings is 1. The third-order valence-corrected chi connectivity index (χ3v) is 2.99. The molecule has 90 valence electrons. The number of benzene rings is 1. The molecule has 1 aromatic carbocycles.